The van der Waals surface area contributed by atoms with E-state index in [1.807, 2.05) is 6.92 Å². The molecule has 0 radical (unpaired) electrons. The molecule has 1 rings (SSSR count). The van der Waals surface area contributed by atoms with E-state index in [1.165, 1.54) is 0 Å². The van der Waals surface area contributed by atoms with Crippen molar-refractivity contribution < 1.29 is 14.3 Å². The first-order chi connectivity index (χ1) is 8.63. The molecule has 0 spiro atoms. The normalized spacial score (nSPS) is 9.89. The Bertz CT molecular complexity index is 421. The molecule has 0 aliphatic carbocycles. The van der Waals surface area contributed by atoms with E-state index >= 15 is 0 Å². The summed E-state index contributed by atoms with van der Waals surface area (Å²) in [5.41, 5.74) is 0.959. The smallest absolute Gasteiger partial charge is 0.314 e. The molecule has 0 aromatic carbocycles. The van der Waals surface area contributed by atoms with Gasteiger partial charge in [0.1, 0.15) is 5.82 Å². The number of hydrogen-bond acceptors (Lipinski definition) is 4. The number of methoxy groups -OCH3 is 1. The molecule has 0 aliphatic rings. The highest BCUT2D eigenvalue weighted by Crippen LogP contribution is 2.04. The van der Waals surface area contributed by atoms with Gasteiger partial charge in [0.15, 0.2) is 0 Å². The van der Waals surface area contributed by atoms with Gasteiger partial charge in [0, 0.05) is 26.5 Å². The highest BCUT2D eigenvalue weighted by Gasteiger charge is 2.13. The molecule has 0 aliphatic heterocycles. The highest BCUT2D eigenvalue weighted by molar-refractivity contribution is 6.39. The number of anilines is 1. The summed E-state index contributed by atoms with van der Waals surface area (Å²) in [7, 11) is 1.58. The number of carbonyl (C=O) groups is 2. The van der Waals surface area contributed by atoms with E-state index in [9.17, 15) is 9.59 Å². The molecule has 6 heteroatoms. The second-order valence-electron chi connectivity index (χ2n) is 3.77. The minimum atomic E-state index is -0.717. The number of carbonyl (C=O) groups excluding carboxylic acids is 2. The van der Waals surface area contributed by atoms with Gasteiger partial charge >= 0.3 is 11.8 Å². The average Bonchev–Trinajstić information content (AvgIpc) is 2.34. The summed E-state index contributed by atoms with van der Waals surface area (Å²) in [4.78, 5) is 26.8. The van der Waals surface area contributed by atoms with Crippen molar-refractivity contribution >= 4 is 17.6 Å². The van der Waals surface area contributed by atoms with E-state index in [0.717, 1.165) is 5.56 Å². The maximum Gasteiger partial charge on any atom is 0.314 e. The lowest BCUT2D eigenvalue weighted by Gasteiger charge is -2.06. The van der Waals surface area contributed by atoms with E-state index in [2.05, 4.69) is 15.6 Å². The Balaban J connectivity index is 2.38. The van der Waals surface area contributed by atoms with E-state index in [-0.39, 0.29) is 0 Å². The Morgan fingerprint density at radius 1 is 1.39 bits per heavy atom. The second kappa shape index (κ2) is 7.39. The van der Waals surface area contributed by atoms with E-state index in [1.54, 1.807) is 25.4 Å². The van der Waals surface area contributed by atoms with E-state index in [0.29, 0.717) is 25.4 Å². The summed E-state index contributed by atoms with van der Waals surface area (Å²) in [6.45, 7) is 2.82. The van der Waals surface area contributed by atoms with Gasteiger partial charge in [-0.05, 0) is 31.0 Å². The fourth-order valence-electron chi connectivity index (χ4n) is 1.28. The molecule has 0 bridgehead atoms. The summed E-state index contributed by atoms with van der Waals surface area (Å²) < 4.78 is 4.83. The zero-order valence-corrected chi connectivity index (χ0v) is 10.5. The monoisotopic (exact) mass is 251 g/mol. The van der Waals surface area contributed by atoms with Gasteiger partial charge in [-0.2, -0.15) is 0 Å². The predicted octanol–water partition coefficient (Wildman–Crippen LogP) is 0.481. The van der Waals surface area contributed by atoms with Crippen molar-refractivity contribution in [1.82, 2.24) is 10.3 Å². The molecule has 0 fully saturated rings. The standard InChI is InChI=1S/C12H17N3O3/c1-9-4-6-13-10(8-9)15-12(17)11(16)14-5-3-7-18-2/h4,6,8H,3,5,7H2,1-2H3,(H,14,16)(H,13,15,17). The third kappa shape index (κ3) is 4.92. The fourth-order valence-corrected chi connectivity index (χ4v) is 1.28. The molecule has 6 nitrogen and oxygen atoms in total. The van der Waals surface area contributed by atoms with Crippen molar-refractivity contribution in [2.45, 2.75) is 13.3 Å². The largest absolute Gasteiger partial charge is 0.385 e. The van der Waals surface area contributed by atoms with Crippen LogP contribution in [-0.2, 0) is 14.3 Å². The van der Waals surface area contributed by atoms with E-state index in [4.69, 9.17) is 4.74 Å². The Morgan fingerprint density at radius 3 is 2.83 bits per heavy atom. The number of nitrogens with one attached hydrogen (secondary N) is 2. The number of hydrogen-bond donors (Lipinski definition) is 2. The first kappa shape index (κ1) is 14.1. The summed E-state index contributed by atoms with van der Waals surface area (Å²) in [6.07, 6.45) is 2.24. The SMILES string of the molecule is COCCCNC(=O)C(=O)Nc1cc(C)ccn1. The number of rotatable bonds is 5. The van der Waals surface area contributed by atoms with Gasteiger partial charge in [-0.3, -0.25) is 9.59 Å². The molecule has 0 saturated heterocycles. The van der Waals surface area contributed by atoms with Crippen molar-refractivity contribution in [3.8, 4) is 0 Å². The first-order valence-electron chi connectivity index (χ1n) is 5.64. The van der Waals surface area contributed by atoms with Gasteiger partial charge in [-0.1, -0.05) is 0 Å². The molecule has 0 unspecified atom stereocenters. The minimum absolute atomic E-state index is 0.368. The second-order valence-corrected chi connectivity index (χ2v) is 3.77. The molecule has 0 saturated carbocycles. The molecule has 2 amide bonds. The van der Waals surface area contributed by atoms with Crippen LogP contribution in [0.2, 0.25) is 0 Å². The van der Waals surface area contributed by atoms with Crippen LogP contribution >= 0.6 is 0 Å². The maximum absolute atomic E-state index is 11.5. The molecule has 1 heterocycles. The van der Waals surface area contributed by atoms with Gasteiger partial charge in [0.2, 0.25) is 0 Å². The van der Waals surface area contributed by atoms with Crippen molar-refractivity contribution in [2.24, 2.45) is 0 Å². The van der Waals surface area contributed by atoms with Crippen LogP contribution in [0, 0.1) is 6.92 Å². The number of aryl methyl sites for hydroxylation is 1. The van der Waals surface area contributed by atoms with Gasteiger partial charge < -0.3 is 15.4 Å². The Kier molecular flexibility index (Phi) is 5.79. The summed E-state index contributed by atoms with van der Waals surface area (Å²) in [5.74, 6) is -1.02. The minimum Gasteiger partial charge on any atom is -0.385 e. The van der Waals surface area contributed by atoms with Crippen LogP contribution in [0.15, 0.2) is 18.3 Å². The quantitative estimate of drug-likeness (QED) is 0.589. The average molecular weight is 251 g/mol. The molecule has 1 aromatic heterocycles. The van der Waals surface area contributed by atoms with Gasteiger partial charge in [0.25, 0.3) is 0 Å². The topological polar surface area (TPSA) is 80.3 Å². The van der Waals surface area contributed by atoms with Gasteiger partial charge in [-0.25, -0.2) is 4.98 Å². The third-order valence-corrected chi connectivity index (χ3v) is 2.17. The number of amides is 2. The number of nitrogens with zero attached hydrogens (tertiary/aromatic N) is 1. The lowest BCUT2D eigenvalue weighted by atomic mass is 10.3. The lowest BCUT2D eigenvalue weighted by molar-refractivity contribution is -0.136. The Hall–Kier alpha value is -1.95. The zero-order chi connectivity index (χ0) is 13.4. The van der Waals surface area contributed by atoms with Crippen LogP contribution in [0.4, 0.5) is 5.82 Å². The summed E-state index contributed by atoms with van der Waals surface area (Å²) in [6, 6.07) is 3.50. The summed E-state index contributed by atoms with van der Waals surface area (Å²) >= 11 is 0. The summed E-state index contributed by atoms with van der Waals surface area (Å²) in [5, 5.41) is 4.92. The molecular formula is C12H17N3O3. The van der Waals surface area contributed by atoms with Crippen molar-refractivity contribution in [3.63, 3.8) is 0 Å². The third-order valence-electron chi connectivity index (χ3n) is 2.17. The van der Waals surface area contributed by atoms with Crippen LogP contribution in [0.5, 0.6) is 0 Å². The number of ether oxygens (including phenoxy) is 1. The fraction of sp³-hybridized carbons (Fsp3) is 0.417. The van der Waals surface area contributed by atoms with Crippen LogP contribution < -0.4 is 10.6 Å². The van der Waals surface area contributed by atoms with Crippen molar-refractivity contribution in [3.05, 3.63) is 23.9 Å². The first-order valence-corrected chi connectivity index (χ1v) is 5.64. The Labute approximate surface area is 106 Å². The lowest BCUT2D eigenvalue weighted by Crippen LogP contribution is -2.36. The molecular weight excluding hydrogens is 234 g/mol. The van der Waals surface area contributed by atoms with Crippen LogP contribution in [0.3, 0.4) is 0 Å². The van der Waals surface area contributed by atoms with Crippen molar-refractivity contribution in [2.75, 3.05) is 25.6 Å². The molecule has 98 valence electrons. The molecule has 2 N–H and O–H groups in total. The number of pyridine rings is 1. The number of aromatic nitrogens is 1. The van der Waals surface area contributed by atoms with Gasteiger partial charge in [-0.15, -0.1) is 0 Å². The maximum atomic E-state index is 11.5. The van der Waals surface area contributed by atoms with E-state index < -0.39 is 11.8 Å². The molecule has 1 aromatic rings. The van der Waals surface area contributed by atoms with Crippen LogP contribution in [-0.4, -0.2) is 37.1 Å². The molecule has 0 atom stereocenters. The zero-order valence-electron chi connectivity index (χ0n) is 10.5. The Morgan fingerprint density at radius 2 is 2.17 bits per heavy atom. The van der Waals surface area contributed by atoms with Crippen LogP contribution in [0.25, 0.3) is 0 Å². The predicted molar refractivity (Wildman–Crippen MR) is 67.1 cm³/mol. The van der Waals surface area contributed by atoms with Crippen molar-refractivity contribution in [1.29, 1.82) is 0 Å². The highest BCUT2D eigenvalue weighted by atomic mass is 16.5. The van der Waals surface area contributed by atoms with Gasteiger partial charge in [0.05, 0.1) is 0 Å². The van der Waals surface area contributed by atoms with Crippen LogP contribution in [0.1, 0.15) is 12.0 Å². The molecule has 18 heavy (non-hydrogen) atoms.